The first kappa shape index (κ1) is 25.4. The van der Waals surface area contributed by atoms with Gasteiger partial charge in [0, 0.05) is 37.6 Å². The number of aryl methyl sites for hydroxylation is 2. The van der Waals surface area contributed by atoms with Gasteiger partial charge in [-0.1, -0.05) is 29.8 Å². The molecule has 0 radical (unpaired) electrons. The van der Waals surface area contributed by atoms with E-state index in [9.17, 15) is 4.79 Å². The standard InChI is InChI=1S/C28H33ClN6O2/c1-4-20(24-9-11-26-28(19(24)2)31-32-33(26)3)16-27(36)37-23-8-10-25(29)21(15-23)17-34-13-5-7-22(18-34)35-14-6-12-30-35/h6,8-12,14-15,20,22H,4-5,7,13,16-18H2,1-3H3. The van der Waals surface area contributed by atoms with Crippen molar-refractivity contribution >= 4 is 28.6 Å². The number of aromatic nitrogens is 5. The normalized spacial score (nSPS) is 17.2. The van der Waals surface area contributed by atoms with Crippen LogP contribution in [0.3, 0.4) is 0 Å². The monoisotopic (exact) mass is 520 g/mol. The minimum absolute atomic E-state index is 0.0401. The summed E-state index contributed by atoms with van der Waals surface area (Å²) in [6.07, 6.45) is 7.18. The molecule has 0 bridgehead atoms. The minimum atomic E-state index is -0.254. The summed E-state index contributed by atoms with van der Waals surface area (Å²) in [6, 6.07) is 11.9. The van der Waals surface area contributed by atoms with E-state index in [1.54, 1.807) is 10.7 Å². The summed E-state index contributed by atoms with van der Waals surface area (Å²) >= 11 is 6.54. The van der Waals surface area contributed by atoms with Gasteiger partial charge in [0.05, 0.1) is 18.0 Å². The van der Waals surface area contributed by atoms with Gasteiger partial charge in [-0.3, -0.25) is 14.4 Å². The topological polar surface area (TPSA) is 78.1 Å². The Morgan fingerprint density at radius 1 is 1.27 bits per heavy atom. The minimum Gasteiger partial charge on any atom is -0.427 e. The fourth-order valence-electron chi connectivity index (χ4n) is 5.40. The average molecular weight is 521 g/mol. The van der Waals surface area contributed by atoms with Crippen LogP contribution in [0.1, 0.15) is 61.3 Å². The van der Waals surface area contributed by atoms with Crippen molar-refractivity contribution in [3.05, 3.63) is 70.5 Å². The molecule has 1 aliphatic rings. The molecule has 5 rings (SSSR count). The van der Waals surface area contributed by atoms with E-state index >= 15 is 0 Å². The molecule has 1 aliphatic heterocycles. The summed E-state index contributed by atoms with van der Waals surface area (Å²) in [4.78, 5) is 15.4. The van der Waals surface area contributed by atoms with Gasteiger partial charge in [-0.25, -0.2) is 4.68 Å². The van der Waals surface area contributed by atoms with Crippen LogP contribution in [0, 0.1) is 6.92 Å². The molecule has 0 amide bonds. The zero-order valence-corrected chi connectivity index (χ0v) is 22.4. The number of fused-ring (bicyclic) bond motifs is 1. The van der Waals surface area contributed by atoms with Crippen molar-refractivity contribution in [2.24, 2.45) is 7.05 Å². The van der Waals surface area contributed by atoms with Crippen LogP contribution < -0.4 is 4.74 Å². The molecular formula is C28H33ClN6O2. The van der Waals surface area contributed by atoms with E-state index in [1.165, 1.54) is 0 Å². The molecule has 8 nitrogen and oxygen atoms in total. The molecule has 2 aromatic heterocycles. The second kappa shape index (κ2) is 11.0. The number of hydrogen-bond donors (Lipinski definition) is 0. The van der Waals surface area contributed by atoms with Gasteiger partial charge in [-0.2, -0.15) is 5.10 Å². The zero-order valence-electron chi connectivity index (χ0n) is 21.6. The molecule has 2 unspecified atom stereocenters. The van der Waals surface area contributed by atoms with E-state index in [4.69, 9.17) is 16.3 Å². The second-order valence-corrected chi connectivity index (χ2v) is 10.3. The molecule has 1 saturated heterocycles. The molecule has 0 N–H and O–H groups in total. The van der Waals surface area contributed by atoms with E-state index in [2.05, 4.69) is 33.3 Å². The number of ether oxygens (including phenoxy) is 1. The summed E-state index contributed by atoms with van der Waals surface area (Å²) in [7, 11) is 1.88. The maximum atomic E-state index is 13.0. The Morgan fingerprint density at radius 2 is 2.14 bits per heavy atom. The first-order chi connectivity index (χ1) is 17.9. The van der Waals surface area contributed by atoms with Crippen LogP contribution in [0.15, 0.2) is 48.8 Å². The van der Waals surface area contributed by atoms with Crippen molar-refractivity contribution in [3.8, 4) is 5.75 Å². The van der Waals surface area contributed by atoms with Crippen LogP contribution in [0.25, 0.3) is 11.0 Å². The molecular weight excluding hydrogens is 488 g/mol. The second-order valence-electron chi connectivity index (χ2n) is 9.91. The van der Waals surface area contributed by atoms with Gasteiger partial charge in [-0.15, -0.1) is 5.10 Å². The molecule has 0 aliphatic carbocycles. The van der Waals surface area contributed by atoms with E-state index in [0.717, 1.165) is 60.1 Å². The van der Waals surface area contributed by atoms with Gasteiger partial charge in [-0.05, 0) is 85.7 Å². The predicted molar refractivity (Wildman–Crippen MR) is 144 cm³/mol. The summed E-state index contributed by atoms with van der Waals surface area (Å²) in [6.45, 7) is 6.76. The number of halogens is 1. The molecule has 37 heavy (non-hydrogen) atoms. The summed E-state index contributed by atoms with van der Waals surface area (Å²) in [5, 5.41) is 13.5. The summed E-state index contributed by atoms with van der Waals surface area (Å²) in [5.41, 5.74) is 5.00. The molecule has 0 saturated carbocycles. The van der Waals surface area contributed by atoms with Crippen molar-refractivity contribution in [1.29, 1.82) is 0 Å². The Morgan fingerprint density at radius 3 is 2.92 bits per heavy atom. The lowest BCUT2D eigenvalue weighted by atomic mass is 9.89. The highest BCUT2D eigenvalue weighted by molar-refractivity contribution is 6.31. The van der Waals surface area contributed by atoms with Gasteiger partial charge in [0.1, 0.15) is 11.3 Å². The maximum Gasteiger partial charge on any atom is 0.311 e. The Balaban J connectivity index is 1.25. The lowest BCUT2D eigenvalue weighted by Gasteiger charge is -2.33. The maximum absolute atomic E-state index is 13.0. The lowest BCUT2D eigenvalue weighted by Crippen LogP contribution is -2.36. The average Bonchev–Trinajstić information content (AvgIpc) is 3.56. The van der Waals surface area contributed by atoms with Gasteiger partial charge < -0.3 is 4.74 Å². The number of nitrogens with zero attached hydrogens (tertiary/aromatic N) is 6. The number of benzene rings is 2. The first-order valence-electron chi connectivity index (χ1n) is 12.9. The van der Waals surface area contributed by atoms with Crippen molar-refractivity contribution in [2.45, 2.75) is 58.0 Å². The number of esters is 1. The van der Waals surface area contributed by atoms with E-state index < -0.39 is 0 Å². The van der Waals surface area contributed by atoms with E-state index in [-0.39, 0.29) is 11.9 Å². The summed E-state index contributed by atoms with van der Waals surface area (Å²) in [5.74, 6) is 0.315. The molecule has 0 spiro atoms. The Hall–Kier alpha value is -3.23. The fraction of sp³-hybridized carbons (Fsp3) is 0.429. The van der Waals surface area contributed by atoms with Crippen LogP contribution in [-0.2, 0) is 18.4 Å². The molecule has 2 aromatic carbocycles. The first-order valence-corrected chi connectivity index (χ1v) is 13.3. The molecule has 3 heterocycles. The van der Waals surface area contributed by atoms with Gasteiger partial charge in [0.2, 0.25) is 0 Å². The van der Waals surface area contributed by atoms with Crippen LogP contribution in [0.2, 0.25) is 5.02 Å². The van der Waals surface area contributed by atoms with E-state index in [0.29, 0.717) is 29.8 Å². The largest absolute Gasteiger partial charge is 0.427 e. The smallest absolute Gasteiger partial charge is 0.311 e. The molecule has 194 valence electrons. The van der Waals surface area contributed by atoms with Crippen LogP contribution in [-0.4, -0.2) is 48.7 Å². The SMILES string of the molecule is CCC(CC(=O)Oc1ccc(Cl)c(CN2CCCC(n3cccn3)C2)c1)c1ccc2c(nnn2C)c1C. The molecule has 1 fully saturated rings. The third-order valence-corrected chi connectivity index (χ3v) is 7.82. The highest BCUT2D eigenvalue weighted by Gasteiger charge is 2.23. The predicted octanol–water partition coefficient (Wildman–Crippen LogP) is 5.45. The third-order valence-electron chi connectivity index (χ3n) is 7.45. The number of rotatable bonds is 8. The Labute approximate surface area is 222 Å². The third kappa shape index (κ3) is 5.55. The van der Waals surface area contributed by atoms with Gasteiger partial charge in [0.25, 0.3) is 0 Å². The number of likely N-dealkylation sites (tertiary alicyclic amines) is 1. The number of carbonyl (C=O) groups excluding carboxylic acids is 1. The highest BCUT2D eigenvalue weighted by Crippen LogP contribution is 2.32. The molecule has 9 heteroatoms. The molecule has 4 aromatic rings. The Bertz CT molecular complexity index is 1380. The quantitative estimate of drug-likeness (QED) is 0.227. The number of piperidine rings is 1. The fourth-order valence-corrected chi connectivity index (χ4v) is 5.58. The summed E-state index contributed by atoms with van der Waals surface area (Å²) < 4.78 is 9.61. The van der Waals surface area contributed by atoms with Crippen LogP contribution in [0.4, 0.5) is 0 Å². The Kier molecular flexibility index (Phi) is 7.58. The van der Waals surface area contributed by atoms with Crippen molar-refractivity contribution in [3.63, 3.8) is 0 Å². The highest BCUT2D eigenvalue weighted by atomic mass is 35.5. The zero-order chi connectivity index (χ0) is 25.9. The number of carbonyl (C=O) groups is 1. The van der Waals surface area contributed by atoms with Crippen molar-refractivity contribution in [1.82, 2.24) is 29.7 Å². The van der Waals surface area contributed by atoms with Gasteiger partial charge in [0.15, 0.2) is 0 Å². The van der Waals surface area contributed by atoms with Crippen molar-refractivity contribution < 1.29 is 9.53 Å². The van der Waals surface area contributed by atoms with E-state index in [1.807, 2.05) is 55.3 Å². The lowest BCUT2D eigenvalue weighted by molar-refractivity contribution is -0.134. The van der Waals surface area contributed by atoms with Crippen molar-refractivity contribution in [2.75, 3.05) is 13.1 Å². The van der Waals surface area contributed by atoms with Crippen LogP contribution in [0.5, 0.6) is 5.75 Å². The van der Waals surface area contributed by atoms with Gasteiger partial charge >= 0.3 is 5.97 Å². The molecule has 2 atom stereocenters. The van der Waals surface area contributed by atoms with Crippen LogP contribution >= 0.6 is 11.6 Å². The number of hydrogen-bond acceptors (Lipinski definition) is 6.